The Balaban J connectivity index is 2.68. The molecule has 2 aromatic rings. The number of hydrogen-bond acceptors (Lipinski definition) is 1. The van der Waals surface area contributed by atoms with Crippen molar-refractivity contribution < 1.29 is 13.2 Å². The van der Waals surface area contributed by atoms with Crippen molar-refractivity contribution in [1.29, 1.82) is 0 Å². The van der Waals surface area contributed by atoms with Crippen LogP contribution < -0.4 is 5.73 Å². The van der Waals surface area contributed by atoms with E-state index < -0.39 is 17.5 Å². The van der Waals surface area contributed by atoms with E-state index in [1.54, 1.807) is 12.1 Å². The van der Waals surface area contributed by atoms with Gasteiger partial charge in [-0.2, -0.15) is 0 Å². The van der Waals surface area contributed by atoms with Gasteiger partial charge in [-0.05, 0) is 18.6 Å². The van der Waals surface area contributed by atoms with Crippen LogP contribution in [-0.4, -0.2) is 0 Å². The van der Waals surface area contributed by atoms with Crippen molar-refractivity contribution in [3.63, 3.8) is 0 Å². The first kappa shape index (κ1) is 11.5. The summed E-state index contributed by atoms with van der Waals surface area (Å²) in [6.45, 7) is 1.82. The summed E-state index contributed by atoms with van der Waals surface area (Å²) < 4.78 is 39.9. The molecule has 0 fully saturated rings. The van der Waals surface area contributed by atoms with E-state index in [0.29, 0.717) is 12.1 Å². The highest BCUT2D eigenvalue weighted by Gasteiger charge is 2.15. The molecule has 0 aromatic heterocycles. The van der Waals surface area contributed by atoms with Gasteiger partial charge in [0, 0.05) is 23.4 Å². The number of halogens is 3. The average Bonchev–Trinajstić information content (AvgIpc) is 2.19. The Morgan fingerprint density at radius 2 is 1.53 bits per heavy atom. The monoisotopic (exact) mass is 237 g/mol. The Bertz CT molecular complexity index is 556. The summed E-state index contributed by atoms with van der Waals surface area (Å²) in [4.78, 5) is 0. The molecule has 88 valence electrons. The summed E-state index contributed by atoms with van der Waals surface area (Å²) in [7, 11) is 0. The van der Waals surface area contributed by atoms with Gasteiger partial charge in [0.15, 0.2) is 0 Å². The van der Waals surface area contributed by atoms with Crippen LogP contribution in [0.3, 0.4) is 0 Å². The second-order valence-electron chi connectivity index (χ2n) is 3.84. The molecule has 0 radical (unpaired) electrons. The van der Waals surface area contributed by atoms with E-state index >= 15 is 0 Å². The van der Waals surface area contributed by atoms with E-state index in [1.165, 1.54) is 6.07 Å². The largest absolute Gasteiger partial charge is 0.398 e. The van der Waals surface area contributed by atoms with E-state index in [9.17, 15) is 13.2 Å². The van der Waals surface area contributed by atoms with Gasteiger partial charge in [0.2, 0.25) is 0 Å². The topological polar surface area (TPSA) is 26.0 Å². The van der Waals surface area contributed by atoms with Gasteiger partial charge in [-0.15, -0.1) is 0 Å². The van der Waals surface area contributed by atoms with Crippen molar-refractivity contribution in [3.8, 4) is 11.1 Å². The van der Waals surface area contributed by atoms with Crippen LogP contribution in [-0.2, 0) is 0 Å². The van der Waals surface area contributed by atoms with E-state index in [2.05, 4.69) is 0 Å². The van der Waals surface area contributed by atoms with Gasteiger partial charge in [-0.25, -0.2) is 13.2 Å². The van der Waals surface area contributed by atoms with Crippen LogP contribution in [0.1, 0.15) is 5.56 Å². The molecule has 0 aliphatic rings. The van der Waals surface area contributed by atoms with E-state index in [1.807, 2.05) is 6.92 Å². The smallest absolute Gasteiger partial charge is 0.136 e. The molecule has 2 aromatic carbocycles. The lowest BCUT2D eigenvalue weighted by Gasteiger charge is -2.09. The summed E-state index contributed by atoms with van der Waals surface area (Å²) in [6, 6.07) is 6.09. The zero-order chi connectivity index (χ0) is 12.6. The fourth-order valence-corrected chi connectivity index (χ4v) is 1.71. The normalized spacial score (nSPS) is 10.6. The predicted octanol–water partition coefficient (Wildman–Crippen LogP) is 3.66. The minimum absolute atomic E-state index is 0.227. The van der Waals surface area contributed by atoms with Crippen molar-refractivity contribution in [2.24, 2.45) is 0 Å². The van der Waals surface area contributed by atoms with E-state index in [0.717, 1.165) is 5.56 Å². The SMILES string of the molecule is Cc1ccc(-c2c(F)cc(F)cc2F)c(N)c1. The summed E-state index contributed by atoms with van der Waals surface area (Å²) in [5.74, 6) is -2.87. The molecule has 17 heavy (non-hydrogen) atoms. The van der Waals surface area contributed by atoms with E-state index in [4.69, 9.17) is 5.73 Å². The van der Waals surface area contributed by atoms with Crippen molar-refractivity contribution >= 4 is 5.69 Å². The van der Waals surface area contributed by atoms with Crippen LogP contribution in [0, 0.1) is 24.4 Å². The number of benzene rings is 2. The highest BCUT2D eigenvalue weighted by molar-refractivity contribution is 5.77. The molecule has 0 atom stereocenters. The summed E-state index contributed by atoms with van der Waals surface area (Å²) >= 11 is 0. The quantitative estimate of drug-likeness (QED) is 0.752. The Morgan fingerprint density at radius 3 is 2.06 bits per heavy atom. The third kappa shape index (κ3) is 2.11. The number of nitrogen functional groups attached to an aromatic ring is 1. The molecular formula is C13H10F3N. The molecule has 0 spiro atoms. The third-order valence-electron chi connectivity index (χ3n) is 2.48. The Morgan fingerprint density at radius 1 is 0.941 bits per heavy atom. The van der Waals surface area contributed by atoms with Gasteiger partial charge in [0.1, 0.15) is 17.5 Å². The molecule has 0 unspecified atom stereocenters. The molecule has 0 bridgehead atoms. The zero-order valence-corrected chi connectivity index (χ0v) is 9.10. The van der Waals surface area contributed by atoms with Crippen molar-refractivity contribution in [2.75, 3.05) is 5.73 Å². The third-order valence-corrected chi connectivity index (χ3v) is 2.48. The maximum Gasteiger partial charge on any atom is 0.136 e. The Kier molecular flexibility index (Phi) is 2.79. The fraction of sp³-hybridized carbons (Fsp3) is 0.0769. The predicted molar refractivity (Wildman–Crippen MR) is 60.9 cm³/mol. The lowest BCUT2D eigenvalue weighted by molar-refractivity contribution is 0.548. The first-order valence-electron chi connectivity index (χ1n) is 5.00. The Labute approximate surface area is 96.7 Å². The number of rotatable bonds is 1. The van der Waals surface area contributed by atoms with Gasteiger partial charge in [0.25, 0.3) is 0 Å². The lowest BCUT2D eigenvalue weighted by Crippen LogP contribution is -1.97. The Hall–Kier alpha value is -1.97. The van der Waals surface area contributed by atoms with Crippen molar-refractivity contribution in [2.45, 2.75) is 6.92 Å². The van der Waals surface area contributed by atoms with Crippen LogP contribution in [0.4, 0.5) is 18.9 Å². The second kappa shape index (κ2) is 4.13. The fourth-order valence-electron chi connectivity index (χ4n) is 1.71. The minimum atomic E-state index is -0.960. The number of aryl methyl sites for hydroxylation is 1. The highest BCUT2D eigenvalue weighted by atomic mass is 19.1. The molecule has 2 N–H and O–H groups in total. The minimum Gasteiger partial charge on any atom is -0.398 e. The van der Waals surface area contributed by atoms with Crippen LogP contribution in [0.2, 0.25) is 0 Å². The second-order valence-corrected chi connectivity index (χ2v) is 3.84. The standard InChI is InChI=1S/C13H10F3N/c1-7-2-3-9(12(17)4-7)13-10(15)5-8(14)6-11(13)16/h2-6H,17H2,1H3. The molecule has 0 aliphatic carbocycles. The van der Waals surface area contributed by atoms with Crippen molar-refractivity contribution in [1.82, 2.24) is 0 Å². The van der Waals surface area contributed by atoms with Gasteiger partial charge in [-0.1, -0.05) is 12.1 Å². The molecule has 0 aliphatic heterocycles. The summed E-state index contributed by atoms with van der Waals surface area (Å²) in [6.07, 6.45) is 0. The first-order valence-corrected chi connectivity index (χ1v) is 5.00. The molecular weight excluding hydrogens is 227 g/mol. The van der Waals surface area contributed by atoms with Crippen LogP contribution in [0.15, 0.2) is 30.3 Å². The molecule has 0 saturated heterocycles. The van der Waals surface area contributed by atoms with Gasteiger partial charge in [-0.3, -0.25) is 0 Å². The maximum absolute atomic E-state index is 13.5. The number of nitrogens with two attached hydrogens (primary N) is 1. The molecule has 2 rings (SSSR count). The molecule has 1 nitrogen and oxygen atoms in total. The van der Waals surface area contributed by atoms with Crippen LogP contribution in [0.25, 0.3) is 11.1 Å². The maximum atomic E-state index is 13.5. The molecule has 0 amide bonds. The molecule has 4 heteroatoms. The van der Waals surface area contributed by atoms with Gasteiger partial charge < -0.3 is 5.73 Å². The van der Waals surface area contributed by atoms with Gasteiger partial charge >= 0.3 is 0 Å². The number of anilines is 1. The highest BCUT2D eigenvalue weighted by Crippen LogP contribution is 2.31. The van der Waals surface area contributed by atoms with E-state index in [-0.39, 0.29) is 16.8 Å². The average molecular weight is 237 g/mol. The van der Waals surface area contributed by atoms with Gasteiger partial charge in [0.05, 0.1) is 5.56 Å². The zero-order valence-electron chi connectivity index (χ0n) is 9.10. The first-order chi connectivity index (χ1) is 7.99. The lowest BCUT2D eigenvalue weighted by atomic mass is 10.0. The molecule has 0 heterocycles. The van der Waals surface area contributed by atoms with Crippen molar-refractivity contribution in [3.05, 3.63) is 53.3 Å². The summed E-state index contributed by atoms with van der Waals surface area (Å²) in [5.41, 5.74) is 6.77. The molecule has 0 saturated carbocycles. The number of hydrogen-bond donors (Lipinski definition) is 1. The van der Waals surface area contributed by atoms with Crippen LogP contribution in [0.5, 0.6) is 0 Å². The summed E-state index contributed by atoms with van der Waals surface area (Å²) in [5, 5.41) is 0. The van der Waals surface area contributed by atoms with Crippen LogP contribution >= 0.6 is 0 Å².